The largest absolute Gasteiger partial charge is 0.298 e. The summed E-state index contributed by atoms with van der Waals surface area (Å²) in [6, 6.07) is 9.61. The summed E-state index contributed by atoms with van der Waals surface area (Å²) in [6.45, 7) is 1.86. The van der Waals surface area contributed by atoms with Gasteiger partial charge in [-0.25, -0.2) is 0 Å². The molecule has 0 fully saturated rings. The lowest BCUT2D eigenvalue weighted by Gasteiger charge is -2.07. The van der Waals surface area contributed by atoms with Gasteiger partial charge in [0.1, 0.15) is 5.78 Å². The van der Waals surface area contributed by atoms with Crippen molar-refractivity contribution in [2.24, 2.45) is 0 Å². The minimum absolute atomic E-state index is 0.171. The van der Waals surface area contributed by atoms with Crippen LogP contribution >= 0.6 is 12.6 Å². The van der Waals surface area contributed by atoms with E-state index in [1.807, 2.05) is 37.3 Å². The molecule has 1 aromatic carbocycles. The zero-order valence-corrected chi connectivity index (χ0v) is 7.92. The molecule has 1 rings (SSSR count). The molecule has 1 nitrogen and oxygen atoms in total. The Balaban J connectivity index is 2.78. The smallest absolute Gasteiger partial charge is 0.149 e. The summed E-state index contributed by atoms with van der Waals surface area (Å²) in [5.41, 5.74) is 0.979. The average Bonchev–Trinajstić information content (AvgIpc) is 2.17. The van der Waals surface area contributed by atoms with Crippen LogP contribution in [0.4, 0.5) is 0 Å². The third-order valence-electron chi connectivity index (χ3n) is 1.77. The van der Waals surface area contributed by atoms with Crippen LogP contribution in [0.25, 0.3) is 0 Å². The number of carbonyl (C=O) groups excluding carboxylic acids is 1. The zero-order chi connectivity index (χ0) is 8.97. The molecule has 12 heavy (non-hydrogen) atoms. The summed E-state index contributed by atoms with van der Waals surface area (Å²) in [7, 11) is 0. The van der Waals surface area contributed by atoms with E-state index in [-0.39, 0.29) is 11.0 Å². The SMILES string of the molecule is CCC(=O)C(S)c1ccccc1. The highest BCUT2D eigenvalue weighted by Gasteiger charge is 2.12. The second kappa shape index (κ2) is 4.31. The Hall–Kier alpha value is -0.760. The van der Waals surface area contributed by atoms with Crippen molar-refractivity contribution in [3.8, 4) is 0 Å². The first kappa shape index (κ1) is 9.33. The van der Waals surface area contributed by atoms with Gasteiger partial charge in [-0.05, 0) is 5.56 Å². The molecule has 1 atom stereocenters. The quantitative estimate of drug-likeness (QED) is 0.708. The van der Waals surface area contributed by atoms with Gasteiger partial charge in [-0.1, -0.05) is 37.3 Å². The minimum atomic E-state index is -0.254. The van der Waals surface area contributed by atoms with Gasteiger partial charge in [0, 0.05) is 6.42 Å². The van der Waals surface area contributed by atoms with E-state index in [1.165, 1.54) is 0 Å². The van der Waals surface area contributed by atoms with Crippen LogP contribution in [-0.4, -0.2) is 5.78 Å². The van der Waals surface area contributed by atoms with Crippen molar-refractivity contribution in [3.05, 3.63) is 35.9 Å². The molecule has 0 aromatic heterocycles. The Kier molecular flexibility index (Phi) is 3.35. The first-order chi connectivity index (χ1) is 5.75. The fourth-order valence-corrected chi connectivity index (χ4v) is 1.37. The highest BCUT2D eigenvalue weighted by molar-refractivity contribution is 7.81. The zero-order valence-electron chi connectivity index (χ0n) is 7.03. The van der Waals surface area contributed by atoms with Gasteiger partial charge < -0.3 is 0 Å². The van der Waals surface area contributed by atoms with Crippen molar-refractivity contribution in [1.29, 1.82) is 0 Å². The van der Waals surface area contributed by atoms with E-state index in [0.29, 0.717) is 6.42 Å². The van der Waals surface area contributed by atoms with Crippen LogP contribution in [0.1, 0.15) is 24.2 Å². The summed E-state index contributed by atoms with van der Waals surface area (Å²) >= 11 is 4.25. The van der Waals surface area contributed by atoms with E-state index < -0.39 is 0 Å². The monoisotopic (exact) mass is 180 g/mol. The molecule has 0 bridgehead atoms. The van der Waals surface area contributed by atoms with Crippen LogP contribution in [0.2, 0.25) is 0 Å². The molecule has 0 radical (unpaired) electrons. The first-order valence-electron chi connectivity index (χ1n) is 4.01. The van der Waals surface area contributed by atoms with Gasteiger partial charge in [-0.2, -0.15) is 12.6 Å². The lowest BCUT2D eigenvalue weighted by Crippen LogP contribution is -2.04. The lowest BCUT2D eigenvalue weighted by atomic mass is 10.1. The standard InChI is InChI=1S/C10H12OS/c1-2-9(11)10(12)8-6-4-3-5-7-8/h3-7,10,12H,2H2,1H3. The van der Waals surface area contributed by atoms with E-state index >= 15 is 0 Å². The molecule has 0 heterocycles. The highest BCUT2D eigenvalue weighted by Crippen LogP contribution is 2.21. The molecule has 0 aliphatic carbocycles. The first-order valence-corrected chi connectivity index (χ1v) is 4.53. The van der Waals surface area contributed by atoms with Crippen molar-refractivity contribution >= 4 is 18.4 Å². The molecule has 1 unspecified atom stereocenters. The molecule has 0 saturated heterocycles. The molecular formula is C10H12OS. The third kappa shape index (κ3) is 2.11. The van der Waals surface area contributed by atoms with Crippen LogP contribution in [0.3, 0.4) is 0 Å². The molecule has 0 saturated carbocycles. The van der Waals surface area contributed by atoms with Crippen LogP contribution in [0.15, 0.2) is 30.3 Å². The van der Waals surface area contributed by atoms with E-state index in [9.17, 15) is 4.79 Å². The average molecular weight is 180 g/mol. The summed E-state index contributed by atoms with van der Waals surface area (Å²) in [6.07, 6.45) is 0.545. The van der Waals surface area contributed by atoms with E-state index in [2.05, 4.69) is 12.6 Å². The number of hydrogen-bond acceptors (Lipinski definition) is 2. The number of rotatable bonds is 3. The van der Waals surface area contributed by atoms with Gasteiger partial charge in [0.25, 0.3) is 0 Å². The number of Topliss-reactive ketones (excluding diaryl/α,β-unsaturated/α-hetero) is 1. The Bertz CT molecular complexity index is 256. The fourth-order valence-electron chi connectivity index (χ4n) is 1.01. The highest BCUT2D eigenvalue weighted by atomic mass is 32.1. The molecule has 2 heteroatoms. The van der Waals surface area contributed by atoms with Gasteiger partial charge in [0.05, 0.1) is 5.25 Å². The predicted octanol–water partition coefficient (Wildman–Crippen LogP) is 2.64. The van der Waals surface area contributed by atoms with E-state index in [0.717, 1.165) is 5.56 Å². The van der Waals surface area contributed by atoms with Gasteiger partial charge in [-0.3, -0.25) is 4.79 Å². The molecule has 64 valence electrons. The topological polar surface area (TPSA) is 17.1 Å². The molecule has 0 N–H and O–H groups in total. The summed E-state index contributed by atoms with van der Waals surface area (Å²) in [5, 5.41) is -0.254. The maximum Gasteiger partial charge on any atom is 0.149 e. The minimum Gasteiger partial charge on any atom is -0.298 e. The molecule has 0 aliphatic heterocycles. The van der Waals surface area contributed by atoms with Gasteiger partial charge >= 0.3 is 0 Å². The number of carbonyl (C=O) groups is 1. The Morgan fingerprint density at radius 1 is 1.42 bits per heavy atom. The Labute approximate surface area is 78.2 Å². The van der Waals surface area contributed by atoms with Crippen LogP contribution < -0.4 is 0 Å². The van der Waals surface area contributed by atoms with Crippen molar-refractivity contribution in [2.75, 3.05) is 0 Å². The normalized spacial score (nSPS) is 12.5. The number of thiol groups is 1. The molecule has 0 spiro atoms. The molecule has 1 aromatic rings. The maximum atomic E-state index is 11.2. The third-order valence-corrected chi connectivity index (χ3v) is 2.35. The van der Waals surface area contributed by atoms with Gasteiger partial charge in [0.2, 0.25) is 0 Å². The van der Waals surface area contributed by atoms with Gasteiger partial charge in [0.15, 0.2) is 0 Å². The van der Waals surface area contributed by atoms with Crippen LogP contribution in [-0.2, 0) is 4.79 Å². The Morgan fingerprint density at radius 3 is 2.50 bits per heavy atom. The summed E-state index contributed by atoms with van der Waals surface area (Å²) < 4.78 is 0. The molecule has 0 amide bonds. The van der Waals surface area contributed by atoms with Crippen molar-refractivity contribution in [1.82, 2.24) is 0 Å². The molecule has 0 aliphatic rings. The Morgan fingerprint density at radius 2 is 2.00 bits per heavy atom. The maximum absolute atomic E-state index is 11.2. The van der Waals surface area contributed by atoms with Crippen LogP contribution in [0.5, 0.6) is 0 Å². The van der Waals surface area contributed by atoms with Crippen molar-refractivity contribution in [3.63, 3.8) is 0 Å². The second-order valence-corrected chi connectivity index (χ2v) is 3.15. The number of ketones is 1. The van der Waals surface area contributed by atoms with Crippen molar-refractivity contribution in [2.45, 2.75) is 18.6 Å². The second-order valence-electron chi connectivity index (χ2n) is 2.63. The number of hydrogen-bond donors (Lipinski definition) is 1. The fraction of sp³-hybridized carbons (Fsp3) is 0.300. The van der Waals surface area contributed by atoms with E-state index in [1.54, 1.807) is 0 Å². The van der Waals surface area contributed by atoms with Gasteiger partial charge in [-0.15, -0.1) is 0 Å². The van der Waals surface area contributed by atoms with Crippen molar-refractivity contribution < 1.29 is 4.79 Å². The summed E-state index contributed by atoms with van der Waals surface area (Å²) in [5.74, 6) is 0.171. The number of benzene rings is 1. The molecular weight excluding hydrogens is 168 g/mol. The lowest BCUT2D eigenvalue weighted by molar-refractivity contribution is -0.118. The summed E-state index contributed by atoms with van der Waals surface area (Å²) in [4.78, 5) is 11.2. The predicted molar refractivity (Wildman–Crippen MR) is 53.5 cm³/mol. The van der Waals surface area contributed by atoms with Crippen LogP contribution in [0, 0.1) is 0 Å². The van der Waals surface area contributed by atoms with E-state index in [4.69, 9.17) is 0 Å².